The van der Waals surface area contributed by atoms with Gasteiger partial charge in [0.1, 0.15) is 4.88 Å². The van der Waals surface area contributed by atoms with Crippen molar-refractivity contribution in [3.63, 3.8) is 0 Å². The number of rotatable bonds is 2. The van der Waals surface area contributed by atoms with Crippen LogP contribution in [0.1, 0.15) is 15.2 Å². The average molecular weight is 352 g/mol. The topological polar surface area (TPSA) is 29.1 Å². The number of fused-ring (bicyclic) bond motifs is 3. The molecule has 4 aromatic rings. The second-order valence-electron chi connectivity index (χ2n) is 5.73. The summed E-state index contributed by atoms with van der Waals surface area (Å²) in [6.45, 7) is 1.99. The number of carbonyl (C=O) groups excluding carboxylic acids is 1. The molecule has 1 amide bonds. The van der Waals surface area contributed by atoms with Gasteiger partial charge in [0.15, 0.2) is 0 Å². The second kappa shape index (κ2) is 5.93. The Morgan fingerprint density at radius 3 is 2.67 bits per heavy atom. The molecule has 0 bridgehead atoms. The Hall–Kier alpha value is -2.36. The van der Waals surface area contributed by atoms with E-state index >= 15 is 0 Å². The predicted molar refractivity (Wildman–Crippen MR) is 103 cm³/mol. The van der Waals surface area contributed by atoms with Gasteiger partial charge in [-0.1, -0.05) is 60.1 Å². The van der Waals surface area contributed by atoms with Crippen molar-refractivity contribution in [2.24, 2.45) is 0 Å². The predicted octanol–water partition coefficient (Wildman–Crippen LogP) is 6.27. The van der Waals surface area contributed by atoms with Crippen LogP contribution in [0.4, 0.5) is 5.69 Å². The molecule has 0 spiro atoms. The fourth-order valence-corrected chi connectivity index (χ4v) is 4.39. The summed E-state index contributed by atoms with van der Waals surface area (Å²) in [7, 11) is 0. The Labute approximate surface area is 148 Å². The van der Waals surface area contributed by atoms with E-state index < -0.39 is 0 Å². The number of carbonyl (C=O) groups is 1. The first kappa shape index (κ1) is 15.2. The van der Waals surface area contributed by atoms with Crippen molar-refractivity contribution in [3.8, 4) is 0 Å². The van der Waals surface area contributed by atoms with Crippen molar-refractivity contribution in [1.82, 2.24) is 0 Å². The summed E-state index contributed by atoms with van der Waals surface area (Å²) >= 11 is 7.94. The summed E-state index contributed by atoms with van der Waals surface area (Å²) in [6.07, 6.45) is 0. The molecule has 0 saturated carbocycles. The van der Waals surface area contributed by atoms with Gasteiger partial charge in [-0.05, 0) is 35.4 Å². The molecule has 0 aliphatic heterocycles. The van der Waals surface area contributed by atoms with E-state index in [1.165, 1.54) is 11.3 Å². The van der Waals surface area contributed by atoms with E-state index in [9.17, 15) is 4.79 Å². The lowest BCUT2D eigenvalue weighted by Gasteiger charge is -2.04. The van der Waals surface area contributed by atoms with Gasteiger partial charge in [0.05, 0.1) is 5.02 Å². The molecule has 1 heterocycles. The number of benzene rings is 3. The van der Waals surface area contributed by atoms with E-state index in [0.29, 0.717) is 9.90 Å². The fraction of sp³-hybridized carbons (Fsp3) is 0.0500. The maximum Gasteiger partial charge on any atom is 0.267 e. The lowest BCUT2D eigenvalue weighted by atomic mass is 10.1. The third kappa shape index (κ3) is 2.56. The van der Waals surface area contributed by atoms with Crippen molar-refractivity contribution in [2.45, 2.75) is 6.92 Å². The van der Waals surface area contributed by atoms with Crippen LogP contribution in [0.25, 0.3) is 20.9 Å². The Balaban J connectivity index is 1.80. The molecule has 118 valence electrons. The number of anilines is 1. The summed E-state index contributed by atoms with van der Waals surface area (Å²) in [5.74, 6) is -0.170. The third-order valence-electron chi connectivity index (χ3n) is 4.00. The van der Waals surface area contributed by atoms with Gasteiger partial charge in [0, 0.05) is 15.8 Å². The molecule has 0 unspecified atom stereocenters. The second-order valence-corrected chi connectivity index (χ2v) is 7.13. The lowest BCUT2D eigenvalue weighted by Crippen LogP contribution is -2.10. The van der Waals surface area contributed by atoms with Crippen LogP contribution in [-0.4, -0.2) is 5.91 Å². The zero-order valence-corrected chi connectivity index (χ0v) is 14.5. The van der Waals surface area contributed by atoms with Gasteiger partial charge in [-0.25, -0.2) is 0 Å². The Morgan fingerprint density at radius 2 is 1.83 bits per heavy atom. The molecular weight excluding hydrogens is 338 g/mol. The number of hydrogen-bond donors (Lipinski definition) is 1. The summed E-state index contributed by atoms with van der Waals surface area (Å²) in [5.41, 5.74) is 1.87. The van der Waals surface area contributed by atoms with E-state index in [1.807, 2.05) is 55.5 Å². The first-order valence-corrected chi connectivity index (χ1v) is 8.81. The van der Waals surface area contributed by atoms with E-state index in [2.05, 4.69) is 17.4 Å². The van der Waals surface area contributed by atoms with Crippen molar-refractivity contribution in [2.75, 3.05) is 5.32 Å². The molecule has 4 rings (SSSR count). The maximum absolute atomic E-state index is 12.7. The minimum Gasteiger partial charge on any atom is -0.321 e. The molecule has 0 aliphatic carbocycles. The van der Waals surface area contributed by atoms with Gasteiger partial charge in [-0.2, -0.15) is 0 Å². The van der Waals surface area contributed by atoms with Gasteiger partial charge >= 0.3 is 0 Å². The fourth-order valence-electron chi connectivity index (χ4n) is 2.85. The standard InChI is InChI=1S/C20H14ClNOS/c1-12-5-4-7-14(11-12)22-20(23)19-17(21)16-10-9-13-6-2-3-8-15(13)18(16)24-19/h2-11H,1H3,(H,22,23). The van der Waals surface area contributed by atoms with Crippen LogP contribution in [0, 0.1) is 6.92 Å². The van der Waals surface area contributed by atoms with Crippen molar-refractivity contribution in [1.29, 1.82) is 0 Å². The molecule has 0 aliphatic rings. The van der Waals surface area contributed by atoms with Crippen molar-refractivity contribution >= 4 is 55.4 Å². The largest absolute Gasteiger partial charge is 0.321 e. The van der Waals surface area contributed by atoms with Crippen LogP contribution in [-0.2, 0) is 0 Å². The Bertz CT molecular complexity index is 1080. The minimum atomic E-state index is -0.170. The normalized spacial score (nSPS) is 11.1. The number of amides is 1. The smallest absolute Gasteiger partial charge is 0.267 e. The average Bonchev–Trinajstić information content (AvgIpc) is 2.92. The summed E-state index contributed by atoms with van der Waals surface area (Å²) < 4.78 is 1.05. The molecule has 0 radical (unpaired) electrons. The highest BCUT2D eigenvalue weighted by molar-refractivity contribution is 7.22. The molecule has 2 nitrogen and oxygen atoms in total. The first-order chi connectivity index (χ1) is 11.6. The number of halogens is 1. The highest BCUT2D eigenvalue weighted by Gasteiger charge is 2.18. The number of hydrogen-bond acceptors (Lipinski definition) is 2. The monoisotopic (exact) mass is 351 g/mol. The van der Waals surface area contributed by atoms with Gasteiger partial charge in [-0.15, -0.1) is 11.3 Å². The quantitative estimate of drug-likeness (QED) is 0.453. The van der Waals surface area contributed by atoms with Gasteiger partial charge in [0.2, 0.25) is 0 Å². The van der Waals surface area contributed by atoms with Crippen molar-refractivity contribution in [3.05, 3.63) is 76.1 Å². The highest BCUT2D eigenvalue weighted by atomic mass is 35.5. The number of aryl methyl sites for hydroxylation is 1. The third-order valence-corrected chi connectivity index (χ3v) is 5.74. The van der Waals surface area contributed by atoms with Gasteiger partial charge < -0.3 is 5.32 Å². The Morgan fingerprint density at radius 1 is 1.00 bits per heavy atom. The molecule has 0 atom stereocenters. The molecule has 24 heavy (non-hydrogen) atoms. The highest BCUT2D eigenvalue weighted by Crippen LogP contribution is 2.39. The van der Waals surface area contributed by atoms with Gasteiger partial charge in [0.25, 0.3) is 5.91 Å². The molecule has 4 heteroatoms. The molecule has 1 N–H and O–H groups in total. The van der Waals surface area contributed by atoms with Crippen LogP contribution in [0.5, 0.6) is 0 Å². The molecule has 1 aromatic heterocycles. The van der Waals surface area contributed by atoms with Crippen LogP contribution in [0.3, 0.4) is 0 Å². The van der Waals surface area contributed by atoms with E-state index in [0.717, 1.165) is 32.1 Å². The molecule has 0 saturated heterocycles. The van der Waals surface area contributed by atoms with E-state index in [-0.39, 0.29) is 5.91 Å². The molecular formula is C20H14ClNOS. The lowest BCUT2D eigenvalue weighted by molar-refractivity contribution is 0.103. The molecule has 3 aromatic carbocycles. The van der Waals surface area contributed by atoms with Crippen molar-refractivity contribution < 1.29 is 4.79 Å². The minimum absolute atomic E-state index is 0.170. The summed E-state index contributed by atoms with van der Waals surface area (Å²) in [5, 5.41) is 6.65. The zero-order chi connectivity index (χ0) is 16.7. The van der Waals surface area contributed by atoms with Gasteiger partial charge in [-0.3, -0.25) is 4.79 Å². The number of thiophene rings is 1. The Kier molecular flexibility index (Phi) is 3.75. The van der Waals surface area contributed by atoms with Crippen LogP contribution >= 0.6 is 22.9 Å². The molecule has 0 fully saturated rings. The van der Waals surface area contributed by atoms with Crippen LogP contribution in [0.2, 0.25) is 5.02 Å². The number of nitrogens with one attached hydrogen (secondary N) is 1. The zero-order valence-electron chi connectivity index (χ0n) is 13.0. The summed E-state index contributed by atoms with van der Waals surface area (Å²) in [4.78, 5) is 13.2. The SMILES string of the molecule is Cc1cccc(NC(=O)c2sc3c(ccc4ccccc43)c2Cl)c1. The first-order valence-electron chi connectivity index (χ1n) is 7.61. The van der Waals surface area contributed by atoms with Crippen LogP contribution in [0.15, 0.2) is 60.7 Å². The van der Waals surface area contributed by atoms with E-state index in [4.69, 9.17) is 11.6 Å². The van der Waals surface area contributed by atoms with Crippen LogP contribution < -0.4 is 5.32 Å². The van der Waals surface area contributed by atoms with E-state index in [1.54, 1.807) is 0 Å². The summed E-state index contributed by atoms with van der Waals surface area (Å²) in [6, 6.07) is 19.9. The maximum atomic E-state index is 12.7.